The van der Waals surface area contributed by atoms with Crippen LogP contribution >= 0.6 is 11.6 Å². The van der Waals surface area contributed by atoms with Crippen molar-refractivity contribution in [1.82, 2.24) is 15.0 Å². The van der Waals surface area contributed by atoms with E-state index < -0.39 is 0 Å². The van der Waals surface area contributed by atoms with E-state index in [1.54, 1.807) is 0 Å². The van der Waals surface area contributed by atoms with Crippen molar-refractivity contribution >= 4 is 23.5 Å². The second kappa shape index (κ2) is 4.64. The molecule has 1 aromatic rings. The van der Waals surface area contributed by atoms with Crippen molar-refractivity contribution in [3.63, 3.8) is 0 Å². The molecule has 6 heteroatoms. The number of hydrogen-bond donors (Lipinski definition) is 1. The first-order chi connectivity index (χ1) is 7.98. The van der Waals surface area contributed by atoms with Crippen LogP contribution in [0.2, 0.25) is 5.28 Å². The highest BCUT2D eigenvalue weighted by Crippen LogP contribution is 2.40. The summed E-state index contributed by atoms with van der Waals surface area (Å²) < 4.78 is 0. The average Bonchev–Trinajstić information content (AvgIpc) is 2.23. The first-order valence-electron chi connectivity index (χ1n) is 5.81. The molecule has 1 saturated carbocycles. The normalized spacial score (nSPS) is 17.4. The van der Waals surface area contributed by atoms with Crippen LogP contribution in [0.5, 0.6) is 0 Å². The fourth-order valence-electron chi connectivity index (χ4n) is 1.87. The van der Waals surface area contributed by atoms with E-state index in [2.05, 4.69) is 27.2 Å². The van der Waals surface area contributed by atoms with Crippen molar-refractivity contribution in [3.8, 4) is 0 Å². The van der Waals surface area contributed by atoms with Crippen LogP contribution in [-0.4, -0.2) is 35.6 Å². The van der Waals surface area contributed by atoms with Gasteiger partial charge in [0.1, 0.15) is 0 Å². The molecule has 0 spiro atoms. The SMILES string of the molecule is CN(C)c1nc(Cl)nc(NCC2(C)CCC2)n1. The van der Waals surface area contributed by atoms with Crippen molar-refractivity contribution in [1.29, 1.82) is 0 Å². The van der Waals surface area contributed by atoms with E-state index in [9.17, 15) is 0 Å². The number of rotatable bonds is 4. The summed E-state index contributed by atoms with van der Waals surface area (Å²) in [7, 11) is 3.76. The van der Waals surface area contributed by atoms with Gasteiger partial charge in [-0.1, -0.05) is 13.3 Å². The third-order valence-corrected chi connectivity index (χ3v) is 3.40. The molecule has 0 bridgehead atoms. The summed E-state index contributed by atoms with van der Waals surface area (Å²) in [6, 6.07) is 0. The van der Waals surface area contributed by atoms with Gasteiger partial charge in [0.05, 0.1) is 0 Å². The van der Waals surface area contributed by atoms with Crippen molar-refractivity contribution in [2.75, 3.05) is 30.9 Å². The summed E-state index contributed by atoms with van der Waals surface area (Å²) in [5.41, 5.74) is 0.386. The van der Waals surface area contributed by atoms with E-state index in [0.29, 0.717) is 17.3 Å². The fraction of sp³-hybridized carbons (Fsp3) is 0.727. The van der Waals surface area contributed by atoms with Gasteiger partial charge < -0.3 is 10.2 Å². The zero-order chi connectivity index (χ0) is 12.5. The molecule has 0 saturated heterocycles. The topological polar surface area (TPSA) is 53.9 Å². The van der Waals surface area contributed by atoms with E-state index >= 15 is 0 Å². The van der Waals surface area contributed by atoms with Gasteiger partial charge in [-0.15, -0.1) is 0 Å². The van der Waals surface area contributed by atoms with Crippen LogP contribution in [0.25, 0.3) is 0 Å². The Hall–Kier alpha value is -1.10. The highest BCUT2D eigenvalue weighted by Gasteiger charge is 2.31. The molecule has 1 aliphatic rings. The largest absolute Gasteiger partial charge is 0.353 e. The Bertz CT molecular complexity index is 403. The zero-order valence-electron chi connectivity index (χ0n) is 10.5. The fourth-order valence-corrected chi connectivity index (χ4v) is 2.02. The van der Waals surface area contributed by atoms with Gasteiger partial charge in [-0.25, -0.2) is 0 Å². The standard InChI is InChI=1S/C11H18ClN5/c1-11(5-4-6-11)7-13-9-14-8(12)15-10(16-9)17(2)3/h4-7H2,1-3H3,(H,13,14,15,16). The molecule has 0 amide bonds. The predicted octanol–water partition coefficient (Wildman–Crippen LogP) is 2.19. The molecule has 0 aromatic carbocycles. The molecule has 0 atom stereocenters. The van der Waals surface area contributed by atoms with Gasteiger partial charge >= 0.3 is 0 Å². The van der Waals surface area contributed by atoms with Gasteiger partial charge in [-0.3, -0.25) is 0 Å². The molecule has 5 nitrogen and oxygen atoms in total. The summed E-state index contributed by atoms with van der Waals surface area (Å²) in [5, 5.41) is 3.48. The maximum Gasteiger partial charge on any atom is 0.230 e. The summed E-state index contributed by atoms with van der Waals surface area (Å²) in [4.78, 5) is 14.2. The molecule has 94 valence electrons. The lowest BCUT2D eigenvalue weighted by atomic mass is 9.70. The number of halogens is 1. The third-order valence-electron chi connectivity index (χ3n) is 3.23. The van der Waals surface area contributed by atoms with Crippen molar-refractivity contribution in [2.45, 2.75) is 26.2 Å². The predicted molar refractivity (Wildman–Crippen MR) is 69.6 cm³/mol. The molecular formula is C11H18ClN5. The van der Waals surface area contributed by atoms with Gasteiger partial charge in [-0.05, 0) is 29.9 Å². The number of nitrogens with zero attached hydrogens (tertiary/aromatic N) is 4. The second-order valence-electron chi connectivity index (χ2n) is 5.14. The Labute approximate surface area is 107 Å². The van der Waals surface area contributed by atoms with Gasteiger partial charge in [0.2, 0.25) is 17.2 Å². The first kappa shape index (κ1) is 12.4. The minimum atomic E-state index is 0.227. The Morgan fingerprint density at radius 3 is 2.53 bits per heavy atom. The van der Waals surface area contributed by atoms with Gasteiger partial charge in [0.15, 0.2) is 0 Å². The molecule has 1 fully saturated rings. The van der Waals surface area contributed by atoms with Gasteiger partial charge in [0.25, 0.3) is 0 Å². The molecule has 1 aliphatic carbocycles. The van der Waals surface area contributed by atoms with Crippen LogP contribution in [-0.2, 0) is 0 Å². The van der Waals surface area contributed by atoms with E-state index in [1.165, 1.54) is 19.3 Å². The summed E-state index contributed by atoms with van der Waals surface area (Å²) in [6.45, 7) is 3.17. The molecule has 1 N–H and O–H groups in total. The lowest BCUT2D eigenvalue weighted by molar-refractivity contribution is 0.179. The van der Waals surface area contributed by atoms with Crippen molar-refractivity contribution in [3.05, 3.63) is 5.28 Å². The van der Waals surface area contributed by atoms with Gasteiger partial charge in [-0.2, -0.15) is 15.0 Å². The monoisotopic (exact) mass is 255 g/mol. The van der Waals surface area contributed by atoms with Crippen LogP contribution in [0.4, 0.5) is 11.9 Å². The minimum absolute atomic E-state index is 0.227. The Balaban J connectivity index is 2.04. The highest BCUT2D eigenvalue weighted by molar-refractivity contribution is 6.28. The molecular weight excluding hydrogens is 238 g/mol. The van der Waals surface area contributed by atoms with Crippen LogP contribution in [0.3, 0.4) is 0 Å². The van der Waals surface area contributed by atoms with E-state index in [1.807, 2.05) is 19.0 Å². The molecule has 2 rings (SSSR count). The number of nitrogens with one attached hydrogen (secondary N) is 1. The molecule has 0 aliphatic heterocycles. The average molecular weight is 256 g/mol. The quantitative estimate of drug-likeness (QED) is 0.894. The van der Waals surface area contributed by atoms with Crippen molar-refractivity contribution < 1.29 is 0 Å². The smallest absolute Gasteiger partial charge is 0.230 e. The third kappa shape index (κ3) is 2.97. The summed E-state index contributed by atoms with van der Waals surface area (Å²) in [5.74, 6) is 1.13. The number of aromatic nitrogens is 3. The molecule has 0 radical (unpaired) electrons. The molecule has 1 heterocycles. The van der Waals surface area contributed by atoms with E-state index in [4.69, 9.17) is 11.6 Å². The zero-order valence-corrected chi connectivity index (χ0v) is 11.3. The van der Waals surface area contributed by atoms with Gasteiger partial charge in [0, 0.05) is 20.6 Å². The van der Waals surface area contributed by atoms with Crippen LogP contribution < -0.4 is 10.2 Å². The number of anilines is 2. The minimum Gasteiger partial charge on any atom is -0.353 e. The highest BCUT2D eigenvalue weighted by atomic mass is 35.5. The molecule has 1 aromatic heterocycles. The van der Waals surface area contributed by atoms with Crippen LogP contribution in [0.15, 0.2) is 0 Å². The lowest BCUT2D eigenvalue weighted by Gasteiger charge is -2.38. The van der Waals surface area contributed by atoms with Crippen molar-refractivity contribution in [2.24, 2.45) is 5.41 Å². The summed E-state index contributed by atoms with van der Waals surface area (Å²) in [6.07, 6.45) is 3.85. The van der Waals surface area contributed by atoms with E-state index in [0.717, 1.165) is 6.54 Å². The molecule has 0 unspecified atom stereocenters. The Kier molecular flexibility index (Phi) is 3.38. The molecule has 17 heavy (non-hydrogen) atoms. The maximum atomic E-state index is 5.86. The lowest BCUT2D eigenvalue weighted by Crippen LogP contribution is -2.33. The van der Waals surface area contributed by atoms with Crippen LogP contribution in [0.1, 0.15) is 26.2 Å². The van der Waals surface area contributed by atoms with Crippen LogP contribution in [0, 0.1) is 5.41 Å². The second-order valence-corrected chi connectivity index (χ2v) is 5.48. The first-order valence-corrected chi connectivity index (χ1v) is 6.19. The Morgan fingerprint density at radius 2 is 2.00 bits per heavy atom. The summed E-state index contributed by atoms with van der Waals surface area (Å²) >= 11 is 5.86. The maximum absolute atomic E-state index is 5.86. The number of hydrogen-bond acceptors (Lipinski definition) is 5. The van der Waals surface area contributed by atoms with E-state index in [-0.39, 0.29) is 5.28 Å². The Morgan fingerprint density at radius 1 is 1.29 bits per heavy atom.